The first-order valence-electron chi connectivity index (χ1n) is 8.63. The Morgan fingerprint density at radius 1 is 1.21 bits per heavy atom. The summed E-state index contributed by atoms with van der Waals surface area (Å²) in [6, 6.07) is 8.12. The highest BCUT2D eigenvalue weighted by atomic mass is 16.5. The summed E-state index contributed by atoms with van der Waals surface area (Å²) in [5.41, 5.74) is 0.747. The smallest absolute Gasteiger partial charge is 0.315 e. The highest BCUT2D eigenvalue weighted by Crippen LogP contribution is 2.20. The molecule has 1 aromatic rings. The predicted octanol–water partition coefficient (Wildman–Crippen LogP) is 2.12. The maximum atomic E-state index is 12.0. The fourth-order valence-corrected chi connectivity index (χ4v) is 2.85. The van der Waals surface area contributed by atoms with E-state index in [2.05, 4.69) is 16.0 Å². The molecule has 0 unspecified atom stereocenters. The fourth-order valence-electron chi connectivity index (χ4n) is 2.85. The molecule has 0 saturated heterocycles. The SMILES string of the molecule is CNC(=O)[C@H](NC(=O)NCCCOC1CCCC1)c1ccccc1. The van der Waals surface area contributed by atoms with E-state index < -0.39 is 6.04 Å². The van der Waals surface area contributed by atoms with Gasteiger partial charge in [0.1, 0.15) is 6.04 Å². The second-order valence-corrected chi connectivity index (χ2v) is 5.99. The van der Waals surface area contributed by atoms with E-state index in [1.807, 2.05) is 30.3 Å². The summed E-state index contributed by atoms with van der Waals surface area (Å²) in [5, 5.41) is 8.07. The molecule has 2 rings (SSSR count). The predicted molar refractivity (Wildman–Crippen MR) is 92.6 cm³/mol. The van der Waals surface area contributed by atoms with Crippen molar-refractivity contribution in [1.29, 1.82) is 0 Å². The van der Waals surface area contributed by atoms with Crippen molar-refractivity contribution in [2.24, 2.45) is 0 Å². The molecule has 24 heavy (non-hydrogen) atoms. The number of nitrogens with one attached hydrogen (secondary N) is 3. The van der Waals surface area contributed by atoms with Crippen molar-refractivity contribution in [2.75, 3.05) is 20.2 Å². The number of hydrogen-bond donors (Lipinski definition) is 3. The van der Waals surface area contributed by atoms with Gasteiger partial charge in [-0.15, -0.1) is 0 Å². The van der Waals surface area contributed by atoms with Crippen LogP contribution in [0.15, 0.2) is 30.3 Å². The third kappa shape index (κ3) is 5.85. The minimum atomic E-state index is -0.703. The first kappa shape index (κ1) is 18.3. The number of carbonyl (C=O) groups excluding carboxylic acids is 2. The molecule has 1 atom stereocenters. The highest BCUT2D eigenvalue weighted by Gasteiger charge is 2.21. The molecule has 1 aromatic carbocycles. The third-order valence-corrected chi connectivity index (χ3v) is 4.18. The number of benzene rings is 1. The molecule has 132 valence electrons. The normalized spacial score (nSPS) is 15.7. The molecule has 3 amide bonds. The van der Waals surface area contributed by atoms with E-state index >= 15 is 0 Å². The van der Waals surface area contributed by atoms with Gasteiger partial charge in [-0.3, -0.25) is 4.79 Å². The van der Waals surface area contributed by atoms with Crippen molar-refractivity contribution in [2.45, 2.75) is 44.2 Å². The summed E-state index contributed by atoms with van der Waals surface area (Å²) < 4.78 is 5.75. The van der Waals surface area contributed by atoms with Crippen molar-refractivity contribution in [3.63, 3.8) is 0 Å². The zero-order valence-electron chi connectivity index (χ0n) is 14.2. The maximum Gasteiger partial charge on any atom is 0.315 e. The lowest BCUT2D eigenvalue weighted by atomic mass is 10.1. The Kier molecular flexibility index (Phi) is 7.55. The average molecular weight is 333 g/mol. The number of ether oxygens (including phenoxy) is 1. The van der Waals surface area contributed by atoms with Gasteiger partial charge in [0.05, 0.1) is 6.10 Å². The van der Waals surface area contributed by atoms with E-state index in [4.69, 9.17) is 4.74 Å². The molecule has 6 nitrogen and oxygen atoms in total. The molecule has 1 aliphatic carbocycles. The van der Waals surface area contributed by atoms with Crippen LogP contribution in [-0.4, -0.2) is 38.2 Å². The Balaban J connectivity index is 1.71. The van der Waals surface area contributed by atoms with Crippen LogP contribution in [0.2, 0.25) is 0 Å². The minimum absolute atomic E-state index is 0.249. The summed E-state index contributed by atoms with van der Waals surface area (Å²) in [6.45, 7) is 1.18. The molecule has 0 aliphatic heterocycles. The van der Waals surface area contributed by atoms with Gasteiger partial charge in [-0.05, 0) is 24.8 Å². The minimum Gasteiger partial charge on any atom is -0.378 e. The van der Waals surface area contributed by atoms with Gasteiger partial charge in [-0.1, -0.05) is 43.2 Å². The van der Waals surface area contributed by atoms with E-state index in [9.17, 15) is 9.59 Å². The second kappa shape index (κ2) is 9.93. The largest absolute Gasteiger partial charge is 0.378 e. The van der Waals surface area contributed by atoms with Crippen molar-refractivity contribution < 1.29 is 14.3 Å². The quantitative estimate of drug-likeness (QED) is 0.638. The molecule has 6 heteroatoms. The molecule has 0 heterocycles. The van der Waals surface area contributed by atoms with Gasteiger partial charge >= 0.3 is 6.03 Å². The number of hydrogen-bond acceptors (Lipinski definition) is 3. The second-order valence-electron chi connectivity index (χ2n) is 5.99. The number of amides is 3. The number of carbonyl (C=O) groups is 2. The molecule has 3 N–H and O–H groups in total. The lowest BCUT2D eigenvalue weighted by Gasteiger charge is -2.18. The summed E-state index contributed by atoms with van der Waals surface area (Å²) in [7, 11) is 1.55. The zero-order chi connectivity index (χ0) is 17.2. The van der Waals surface area contributed by atoms with Crippen LogP contribution in [-0.2, 0) is 9.53 Å². The third-order valence-electron chi connectivity index (χ3n) is 4.18. The van der Waals surface area contributed by atoms with E-state index in [-0.39, 0.29) is 11.9 Å². The van der Waals surface area contributed by atoms with Gasteiger partial charge in [0, 0.05) is 20.2 Å². The van der Waals surface area contributed by atoms with Gasteiger partial charge in [-0.25, -0.2) is 4.79 Å². The Bertz CT molecular complexity index is 516. The fraction of sp³-hybridized carbons (Fsp3) is 0.556. The Hall–Kier alpha value is -2.08. The van der Waals surface area contributed by atoms with Crippen molar-refractivity contribution in [3.05, 3.63) is 35.9 Å². The molecule has 1 saturated carbocycles. The van der Waals surface area contributed by atoms with E-state index in [0.29, 0.717) is 19.3 Å². The molecular formula is C18H27N3O3. The number of urea groups is 1. The zero-order valence-corrected chi connectivity index (χ0v) is 14.2. The maximum absolute atomic E-state index is 12.0. The van der Waals surface area contributed by atoms with Crippen LogP contribution in [0, 0.1) is 0 Å². The topological polar surface area (TPSA) is 79.5 Å². The van der Waals surface area contributed by atoms with E-state index in [0.717, 1.165) is 24.8 Å². The molecule has 1 aliphatic rings. The van der Waals surface area contributed by atoms with Gasteiger partial charge in [0.15, 0.2) is 0 Å². The standard InChI is InChI=1S/C18H27N3O3/c1-19-17(22)16(14-8-3-2-4-9-14)21-18(23)20-12-7-13-24-15-10-5-6-11-15/h2-4,8-9,15-16H,5-7,10-13H2,1H3,(H,19,22)(H2,20,21,23)/t16-/m1/s1. The molecule has 1 fully saturated rings. The number of likely N-dealkylation sites (N-methyl/N-ethyl adjacent to an activating group) is 1. The van der Waals surface area contributed by atoms with E-state index in [1.54, 1.807) is 7.05 Å². The van der Waals surface area contributed by atoms with Crippen molar-refractivity contribution in [3.8, 4) is 0 Å². The van der Waals surface area contributed by atoms with Gasteiger partial charge in [0.2, 0.25) is 5.91 Å². The summed E-state index contributed by atoms with van der Waals surface area (Å²) >= 11 is 0. The van der Waals surface area contributed by atoms with Crippen molar-refractivity contribution >= 4 is 11.9 Å². The molecule has 0 radical (unpaired) electrons. The van der Waals surface area contributed by atoms with E-state index in [1.165, 1.54) is 12.8 Å². The van der Waals surface area contributed by atoms with Crippen LogP contribution < -0.4 is 16.0 Å². The Morgan fingerprint density at radius 2 is 1.92 bits per heavy atom. The first-order chi connectivity index (χ1) is 11.7. The van der Waals surface area contributed by atoms with Crippen LogP contribution in [0.5, 0.6) is 0 Å². The summed E-state index contributed by atoms with van der Waals surface area (Å²) in [6.07, 6.45) is 5.98. The number of rotatable bonds is 8. The van der Waals surface area contributed by atoms with Crippen LogP contribution in [0.3, 0.4) is 0 Å². The van der Waals surface area contributed by atoms with Gasteiger partial charge < -0.3 is 20.7 Å². The van der Waals surface area contributed by atoms with Crippen molar-refractivity contribution in [1.82, 2.24) is 16.0 Å². The molecule has 0 spiro atoms. The van der Waals surface area contributed by atoms with Gasteiger partial charge in [0.25, 0.3) is 0 Å². The first-order valence-corrected chi connectivity index (χ1v) is 8.63. The molecular weight excluding hydrogens is 306 g/mol. The lowest BCUT2D eigenvalue weighted by Crippen LogP contribution is -2.44. The average Bonchev–Trinajstić information content (AvgIpc) is 3.13. The summed E-state index contributed by atoms with van der Waals surface area (Å²) in [5.74, 6) is -0.249. The van der Waals surface area contributed by atoms with Gasteiger partial charge in [-0.2, -0.15) is 0 Å². The lowest BCUT2D eigenvalue weighted by molar-refractivity contribution is -0.122. The van der Waals surface area contributed by atoms with Crippen LogP contribution in [0.25, 0.3) is 0 Å². The van der Waals surface area contributed by atoms with Crippen LogP contribution in [0.4, 0.5) is 4.79 Å². The Morgan fingerprint density at radius 3 is 2.58 bits per heavy atom. The van der Waals surface area contributed by atoms with Crippen LogP contribution in [0.1, 0.15) is 43.7 Å². The highest BCUT2D eigenvalue weighted by molar-refractivity contribution is 5.87. The Labute approximate surface area is 143 Å². The monoisotopic (exact) mass is 333 g/mol. The summed E-state index contributed by atoms with van der Waals surface area (Å²) in [4.78, 5) is 24.0. The molecule has 0 bridgehead atoms. The molecule has 0 aromatic heterocycles. The van der Waals surface area contributed by atoms with Crippen LogP contribution >= 0.6 is 0 Å².